The molecule has 0 bridgehead atoms. The summed E-state index contributed by atoms with van der Waals surface area (Å²) >= 11 is 3.37. The molecule has 0 aliphatic heterocycles. The highest BCUT2D eigenvalue weighted by molar-refractivity contribution is 9.10. The van der Waals surface area contributed by atoms with Crippen LogP contribution in [0.15, 0.2) is 28.7 Å². The molecule has 5 nitrogen and oxygen atoms in total. The normalized spacial score (nSPS) is 13.0. The van der Waals surface area contributed by atoms with Gasteiger partial charge in [0.1, 0.15) is 5.25 Å². The van der Waals surface area contributed by atoms with Crippen LogP contribution in [-0.4, -0.2) is 44.6 Å². The average Bonchev–Trinajstić information content (AvgIpc) is 2.57. The second-order valence-electron chi connectivity index (χ2n) is 6.21. The zero-order valence-electron chi connectivity index (χ0n) is 15.4. The van der Waals surface area contributed by atoms with E-state index in [-0.39, 0.29) is 0 Å². The van der Waals surface area contributed by atoms with E-state index in [1.165, 1.54) is 11.8 Å². The van der Waals surface area contributed by atoms with Crippen LogP contribution in [0.1, 0.15) is 40.5 Å². The maximum absolute atomic E-state index is 12.9. The molecule has 0 radical (unpaired) electrons. The minimum absolute atomic E-state index is 0.322. The SMILES string of the molecule is CCCCOCCN(C(=O)C(C)S(=O)(=O)C(C)C)c1ccc(Br)cc1. The number of rotatable bonds is 10. The fourth-order valence-electron chi connectivity index (χ4n) is 2.26. The fraction of sp³-hybridized carbons (Fsp3) is 0.611. The van der Waals surface area contributed by atoms with Crippen molar-refractivity contribution in [3.05, 3.63) is 28.7 Å². The number of unbranched alkanes of at least 4 members (excludes halogenated alkanes) is 1. The summed E-state index contributed by atoms with van der Waals surface area (Å²) in [5, 5.41) is -1.69. The quantitative estimate of drug-likeness (QED) is 0.526. The Morgan fingerprint density at radius 2 is 1.76 bits per heavy atom. The third kappa shape index (κ3) is 6.38. The van der Waals surface area contributed by atoms with Gasteiger partial charge in [-0.3, -0.25) is 4.79 Å². The Labute approximate surface area is 159 Å². The lowest BCUT2D eigenvalue weighted by molar-refractivity contribution is -0.118. The molecule has 1 aromatic rings. The summed E-state index contributed by atoms with van der Waals surface area (Å²) in [6.07, 6.45) is 2.00. The first-order chi connectivity index (χ1) is 11.7. The smallest absolute Gasteiger partial charge is 0.245 e. The highest BCUT2D eigenvalue weighted by Crippen LogP contribution is 2.21. The van der Waals surface area contributed by atoms with Crippen molar-refractivity contribution in [3.63, 3.8) is 0 Å². The van der Waals surface area contributed by atoms with Crippen molar-refractivity contribution < 1.29 is 17.9 Å². The van der Waals surface area contributed by atoms with E-state index in [1.807, 2.05) is 12.1 Å². The number of anilines is 1. The van der Waals surface area contributed by atoms with Crippen molar-refractivity contribution in [2.24, 2.45) is 0 Å². The first-order valence-corrected chi connectivity index (χ1v) is 11.0. The number of sulfone groups is 1. The zero-order valence-corrected chi connectivity index (χ0v) is 17.8. The molecule has 0 saturated heterocycles. The number of halogens is 1. The summed E-state index contributed by atoms with van der Waals surface area (Å²) in [5.41, 5.74) is 0.665. The van der Waals surface area contributed by atoms with Gasteiger partial charge in [0, 0.05) is 23.3 Å². The van der Waals surface area contributed by atoms with Gasteiger partial charge in [-0.25, -0.2) is 8.42 Å². The van der Waals surface area contributed by atoms with E-state index in [0.29, 0.717) is 25.4 Å². The molecular formula is C18H28BrNO4S. The molecule has 7 heteroatoms. The molecule has 1 unspecified atom stereocenters. The summed E-state index contributed by atoms with van der Waals surface area (Å²) in [6.45, 7) is 8.06. The second-order valence-corrected chi connectivity index (χ2v) is 9.96. The molecule has 0 aromatic heterocycles. The van der Waals surface area contributed by atoms with E-state index in [4.69, 9.17) is 4.74 Å². The van der Waals surface area contributed by atoms with E-state index in [0.717, 1.165) is 17.3 Å². The van der Waals surface area contributed by atoms with Crippen LogP contribution in [0.3, 0.4) is 0 Å². The molecular weight excluding hydrogens is 406 g/mol. The van der Waals surface area contributed by atoms with Crippen molar-refractivity contribution in [3.8, 4) is 0 Å². The zero-order chi connectivity index (χ0) is 19.0. The Bertz CT molecular complexity index is 644. The van der Waals surface area contributed by atoms with E-state index in [9.17, 15) is 13.2 Å². The first-order valence-electron chi connectivity index (χ1n) is 8.59. The van der Waals surface area contributed by atoms with Gasteiger partial charge in [-0.2, -0.15) is 0 Å². The van der Waals surface area contributed by atoms with Crippen molar-refractivity contribution in [1.82, 2.24) is 0 Å². The number of benzene rings is 1. The van der Waals surface area contributed by atoms with Crippen molar-refractivity contribution in [2.75, 3.05) is 24.7 Å². The van der Waals surface area contributed by atoms with Crippen molar-refractivity contribution in [2.45, 2.75) is 51.0 Å². The third-order valence-corrected chi connectivity index (χ3v) is 7.03. The Hall–Kier alpha value is -0.920. The van der Waals surface area contributed by atoms with Crippen LogP contribution in [0.2, 0.25) is 0 Å². The summed E-state index contributed by atoms with van der Waals surface area (Å²) in [6, 6.07) is 7.25. The topological polar surface area (TPSA) is 63.7 Å². The minimum Gasteiger partial charge on any atom is -0.380 e. The van der Waals surface area contributed by atoms with Gasteiger partial charge >= 0.3 is 0 Å². The van der Waals surface area contributed by atoms with Crippen LogP contribution in [0.25, 0.3) is 0 Å². The van der Waals surface area contributed by atoms with Crippen LogP contribution >= 0.6 is 15.9 Å². The third-order valence-electron chi connectivity index (χ3n) is 4.00. The van der Waals surface area contributed by atoms with Gasteiger partial charge in [-0.15, -0.1) is 0 Å². The number of amides is 1. The summed E-state index contributed by atoms with van der Waals surface area (Å²) < 4.78 is 31.2. The van der Waals surface area contributed by atoms with Gasteiger partial charge in [0.15, 0.2) is 9.84 Å². The molecule has 0 fully saturated rings. The molecule has 1 rings (SSSR count). The molecule has 25 heavy (non-hydrogen) atoms. The maximum atomic E-state index is 12.9. The molecule has 1 amide bonds. The number of ether oxygens (including phenoxy) is 1. The van der Waals surface area contributed by atoms with Gasteiger partial charge in [0.05, 0.1) is 11.9 Å². The second kappa shape index (κ2) is 10.3. The van der Waals surface area contributed by atoms with Crippen molar-refractivity contribution >= 4 is 37.4 Å². The average molecular weight is 434 g/mol. The van der Waals surface area contributed by atoms with Gasteiger partial charge in [-0.05, 0) is 51.5 Å². The van der Waals surface area contributed by atoms with E-state index >= 15 is 0 Å². The molecule has 0 spiro atoms. The molecule has 142 valence electrons. The number of hydrogen-bond acceptors (Lipinski definition) is 4. The lowest BCUT2D eigenvalue weighted by atomic mass is 10.2. The molecule has 0 heterocycles. The molecule has 0 aliphatic carbocycles. The predicted octanol–water partition coefficient (Wildman–Crippen LogP) is 3.81. The number of hydrogen-bond donors (Lipinski definition) is 0. The number of carbonyl (C=O) groups is 1. The van der Waals surface area contributed by atoms with Crippen molar-refractivity contribution in [1.29, 1.82) is 0 Å². The predicted molar refractivity (Wildman–Crippen MR) is 106 cm³/mol. The summed E-state index contributed by atoms with van der Waals surface area (Å²) in [5.74, 6) is -0.421. The lowest BCUT2D eigenvalue weighted by Crippen LogP contribution is -2.45. The van der Waals surface area contributed by atoms with Gasteiger partial charge in [0.25, 0.3) is 0 Å². The molecule has 1 atom stereocenters. The minimum atomic E-state index is -3.52. The van der Waals surface area contributed by atoms with Crippen LogP contribution in [-0.2, 0) is 19.4 Å². The van der Waals surface area contributed by atoms with Crippen LogP contribution in [0.5, 0.6) is 0 Å². The first kappa shape index (κ1) is 22.1. The van der Waals surface area contributed by atoms with Gasteiger partial charge < -0.3 is 9.64 Å². The lowest BCUT2D eigenvalue weighted by Gasteiger charge is -2.27. The van der Waals surface area contributed by atoms with E-state index in [1.54, 1.807) is 26.0 Å². The number of carbonyl (C=O) groups excluding carboxylic acids is 1. The van der Waals surface area contributed by atoms with Gasteiger partial charge in [0.2, 0.25) is 5.91 Å². The molecule has 0 saturated carbocycles. The Kier molecular flexibility index (Phi) is 9.10. The molecule has 0 N–H and O–H groups in total. The molecule has 0 aliphatic rings. The maximum Gasteiger partial charge on any atom is 0.245 e. The number of nitrogens with zero attached hydrogens (tertiary/aromatic N) is 1. The Morgan fingerprint density at radius 3 is 2.28 bits per heavy atom. The van der Waals surface area contributed by atoms with E-state index in [2.05, 4.69) is 22.9 Å². The fourth-order valence-corrected chi connectivity index (χ4v) is 3.75. The Balaban J connectivity index is 2.96. The summed E-state index contributed by atoms with van der Waals surface area (Å²) in [7, 11) is -3.52. The monoisotopic (exact) mass is 433 g/mol. The highest BCUT2D eigenvalue weighted by Gasteiger charge is 2.34. The summed E-state index contributed by atoms with van der Waals surface area (Å²) in [4.78, 5) is 14.4. The largest absolute Gasteiger partial charge is 0.380 e. The van der Waals surface area contributed by atoms with Crippen LogP contribution in [0.4, 0.5) is 5.69 Å². The van der Waals surface area contributed by atoms with Gasteiger partial charge in [-0.1, -0.05) is 29.3 Å². The molecule has 1 aromatic carbocycles. The van der Waals surface area contributed by atoms with E-state index < -0.39 is 26.2 Å². The van der Waals surface area contributed by atoms with Crippen LogP contribution in [0, 0.1) is 0 Å². The highest BCUT2D eigenvalue weighted by atomic mass is 79.9. The Morgan fingerprint density at radius 1 is 1.16 bits per heavy atom. The standard InChI is InChI=1S/C18H28BrNO4S/c1-5-6-12-24-13-11-20(17-9-7-16(19)8-10-17)18(21)15(4)25(22,23)14(2)3/h7-10,14-15H,5-6,11-13H2,1-4H3. The van der Waals surface area contributed by atoms with Crippen LogP contribution < -0.4 is 4.90 Å².